The van der Waals surface area contributed by atoms with Gasteiger partial charge in [-0.05, 0) is 55.7 Å². The van der Waals surface area contributed by atoms with Crippen molar-refractivity contribution in [2.75, 3.05) is 0 Å². The smallest absolute Gasteiger partial charge is 0.110 e. The van der Waals surface area contributed by atoms with Gasteiger partial charge in [0.1, 0.15) is 5.82 Å². The zero-order chi connectivity index (χ0) is 11.6. The van der Waals surface area contributed by atoms with Crippen LogP contribution in [0.25, 0.3) is 11.0 Å². The minimum Gasteiger partial charge on any atom is -0.342 e. The predicted molar refractivity (Wildman–Crippen MR) is 69.1 cm³/mol. The van der Waals surface area contributed by atoms with Gasteiger partial charge in [0.2, 0.25) is 0 Å². The molecule has 2 unspecified atom stereocenters. The molecule has 1 aromatic carbocycles. The molecule has 0 aliphatic heterocycles. The lowest BCUT2D eigenvalue weighted by atomic mass is 10.1. The van der Waals surface area contributed by atoms with Crippen molar-refractivity contribution in [3.05, 3.63) is 29.1 Å². The summed E-state index contributed by atoms with van der Waals surface area (Å²) < 4.78 is 0. The lowest BCUT2D eigenvalue weighted by molar-refractivity contribution is 0.664. The number of fused-ring (bicyclic) bond motifs is 2. The summed E-state index contributed by atoms with van der Waals surface area (Å²) in [6.07, 6.45) is 4.28. The number of nitrogens with one attached hydrogen (secondary N) is 1. The van der Waals surface area contributed by atoms with Gasteiger partial charge >= 0.3 is 0 Å². The number of imidazole rings is 1. The van der Waals surface area contributed by atoms with E-state index >= 15 is 0 Å². The number of H-pyrrole nitrogens is 1. The summed E-state index contributed by atoms with van der Waals surface area (Å²) in [5, 5.41) is 0. The molecule has 0 radical (unpaired) electrons. The van der Waals surface area contributed by atoms with Gasteiger partial charge in [0, 0.05) is 5.92 Å². The molecule has 2 aliphatic rings. The maximum absolute atomic E-state index is 4.84. The summed E-state index contributed by atoms with van der Waals surface area (Å²) in [5.41, 5.74) is 5.02. The van der Waals surface area contributed by atoms with Crippen LogP contribution in [-0.4, -0.2) is 9.97 Å². The van der Waals surface area contributed by atoms with Crippen LogP contribution in [0.1, 0.15) is 42.1 Å². The van der Waals surface area contributed by atoms with Gasteiger partial charge in [0.15, 0.2) is 0 Å². The van der Waals surface area contributed by atoms with Gasteiger partial charge in [-0.15, -0.1) is 0 Å². The first-order valence-corrected chi connectivity index (χ1v) is 6.71. The van der Waals surface area contributed by atoms with Gasteiger partial charge < -0.3 is 4.98 Å². The van der Waals surface area contributed by atoms with Crippen molar-refractivity contribution in [1.29, 1.82) is 0 Å². The second-order valence-electron chi connectivity index (χ2n) is 5.88. The van der Waals surface area contributed by atoms with Crippen LogP contribution in [-0.2, 0) is 0 Å². The molecule has 88 valence electrons. The van der Waals surface area contributed by atoms with Crippen LogP contribution >= 0.6 is 0 Å². The lowest BCUT2D eigenvalue weighted by Gasteiger charge is -1.97. The first kappa shape index (κ1) is 9.69. The van der Waals surface area contributed by atoms with Gasteiger partial charge in [-0.2, -0.15) is 0 Å². The molecule has 0 bridgehead atoms. The van der Waals surface area contributed by atoms with Gasteiger partial charge in [-0.25, -0.2) is 4.98 Å². The van der Waals surface area contributed by atoms with Crippen molar-refractivity contribution >= 4 is 11.0 Å². The van der Waals surface area contributed by atoms with Gasteiger partial charge in [-0.1, -0.05) is 12.5 Å². The van der Waals surface area contributed by atoms with E-state index in [2.05, 4.69) is 31.0 Å². The number of hydrogen-bond acceptors (Lipinski definition) is 1. The van der Waals surface area contributed by atoms with E-state index in [1.165, 1.54) is 47.2 Å². The molecule has 2 aromatic rings. The monoisotopic (exact) mass is 226 g/mol. The number of aryl methyl sites for hydroxylation is 2. The first-order chi connectivity index (χ1) is 8.24. The van der Waals surface area contributed by atoms with E-state index in [1.807, 2.05) is 0 Å². The third-order valence-corrected chi connectivity index (χ3v) is 4.66. The fourth-order valence-electron chi connectivity index (χ4n) is 3.87. The zero-order valence-electron chi connectivity index (χ0n) is 10.5. The summed E-state index contributed by atoms with van der Waals surface area (Å²) in [7, 11) is 0. The fraction of sp³-hybridized carbons (Fsp3) is 0.533. The molecular formula is C15H18N2. The van der Waals surface area contributed by atoms with Crippen molar-refractivity contribution in [2.24, 2.45) is 11.8 Å². The van der Waals surface area contributed by atoms with Gasteiger partial charge in [0.25, 0.3) is 0 Å². The highest BCUT2D eigenvalue weighted by Crippen LogP contribution is 2.62. The number of aromatic nitrogens is 2. The first-order valence-electron chi connectivity index (χ1n) is 6.71. The van der Waals surface area contributed by atoms with E-state index < -0.39 is 0 Å². The average molecular weight is 226 g/mol. The minimum absolute atomic E-state index is 0.746. The van der Waals surface area contributed by atoms with E-state index in [0.717, 1.165) is 17.8 Å². The summed E-state index contributed by atoms with van der Waals surface area (Å²) in [6, 6.07) is 4.44. The fourth-order valence-corrected chi connectivity index (χ4v) is 3.87. The molecule has 0 spiro atoms. The van der Waals surface area contributed by atoms with Crippen molar-refractivity contribution in [3.8, 4) is 0 Å². The SMILES string of the molecule is Cc1cc(C)c2nc(C3C4CCCC43)[nH]c2c1. The summed E-state index contributed by atoms with van der Waals surface area (Å²) in [4.78, 5) is 8.40. The van der Waals surface area contributed by atoms with Crippen molar-refractivity contribution in [3.63, 3.8) is 0 Å². The quantitative estimate of drug-likeness (QED) is 0.789. The molecule has 2 atom stereocenters. The molecule has 2 heteroatoms. The van der Waals surface area contributed by atoms with E-state index in [4.69, 9.17) is 4.98 Å². The Hall–Kier alpha value is -1.31. The molecule has 1 N–H and O–H groups in total. The maximum Gasteiger partial charge on any atom is 0.110 e. The van der Waals surface area contributed by atoms with Crippen molar-refractivity contribution in [1.82, 2.24) is 9.97 Å². The van der Waals surface area contributed by atoms with E-state index in [9.17, 15) is 0 Å². The van der Waals surface area contributed by atoms with Crippen molar-refractivity contribution < 1.29 is 0 Å². The van der Waals surface area contributed by atoms with Crippen LogP contribution in [0, 0.1) is 25.7 Å². The molecule has 1 aromatic heterocycles. The topological polar surface area (TPSA) is 28.7 Å². The van der Waals surface area contributed by atoms with E-state index in [1.54, 1.807) is 0 Å². The Labute approximate surface area is 101 Å². The molecule has 2 nitrogen and oxygen atoms in total. The summed E-state index contributed by atoms with van der Waals surface area (Å²) in [5.74, 6) is 3.88. The van der Waals surface area contributed by atoms with Crippen LogP contribution in [0.2, 0.25) is 0 Å². The lowest BCUT2D eigenvalue weighted by Crippen LogP contribution is -1.89. The largest absolute Gasteiger partial charge is 0.342 e. The molecule has 0 saturated heterocycles. The molecule has 2 fully saturated rings. The number of benzene rings is 1. The highest BCUT2D eigenvalue weighted by atomic mass is 15.0. The Bertz CT molecular complexity index is 586. The Morgan fingerprint density at radius 3 is 2.71 bits per heavy atom. The summed E-state index contributed by atoms with van der Waals surface area (Å²) >= 11 is 0. The molecule has 0 amide bonds. The Morgan fingerprint density at radius 1 is 1.18 bits per heavy atom. The van der Waals surface area contributed by atoms with Gasteiger partial charge in [-0.3, -0.25) is 0 Å². The summed E-state index contributed by atoms with van der Waals surface area (Å²) in [6.45, 7) is 4.31. The molecule has 1 heterocycles. The van der Waals surface area contributed by atoms with Crippen LogP contribution in [0.3, 0.4) is 0 Å². The second kappa shape index (κ2) is 3.12. The number of nitrogens with zero attached hydrogens (tertiary/aromatic N) is 1. The van der Waals surface area contributed by atoms with E-state index in [0.29, 0.717) is 0 Å². The van der Waals surface area contributed by atoms with Crippen LogP contribution < -0.4 is 0 Å². The number of hydrogen-bond donors (Lipinski definition) is 1. The average Bonchev–Trinajstić information content (AvgIpc) is 2.67. The Kier molecular flexibility index (Phi) is 1.78. The molecule has 2 aliphatic carbocycles. The normalized spacial score (nSPS) is 30.8. The van der Waals surface area contributed by atoms with Gasteiger partial charge in [0.05, 0.1) is 11.0 Å². The Morgan fingerprint density at radius 2 is 1.94 bits per heavy atom. The maximum atomic E-state index is 4.84. The van der Waals surface area contributed by atoms with Crippen LogP contribution in [0.4, 0.5) is 0 Å². The highest BCUT2D eigenvalue weighted by molar-refractivity contribution is 5.79. The minimum atomic E-state index is 0.746. The molecule has 2 saturated carbocycles. The molecular weight excluding hydrogens is 208 g/mol. The highest BCUT2D eigenvalue weighted by Gasteiger charge is 2.54. The predicted octanol–water partition coefficient (Wildman–Crippen LogP) is 3.69. The van der Waals surface area contributed by atoms with Crippen LogP contribution in [0.5, 0.6) is 0 Å². The third kappa shape index (κ3) is 1.30. The number of aromatic amines is 1. The third-order valence-electron chi connectivity index (χ3n) is 4.66. The molecule has 17 heavy (non-hydrogen) atoms. The standard InChI is InChI=1S/C15H18N2/c1-8-6-9(2)14-12(7-8)16-15(17-14)13-10-4-3-5-11(10)13/h6-7,10-11,13H,3-5H2,1-2H3,(H,16,17). The van der Waals surface area contributed by atoms with Crippen molar-refractivity contribution in [2.45, 2.75) is 39.0 Å². The van der Waals surface area contributed by atoms with Crippen LogP contribution in [0.15, 0.2) is 12.1 Å². The van der Waals surface area contributed by atoms with E-state index in [-0.39, 0.29) is 0 Å². The molecule has 4 rings (SSSR count). The second-order valence-corrected chi connectivity index (χ2v) is 5.88. The zero-order valence-corrected chi connectivity index (χ0v) is 10.5. The number of rotatable bonds is 1. The Balaban J connectivity index is 1.80.